The molecule has 0 bridgehead atoms. The second-order valence-corrected chi connectivity index (χ2v) is 5.78. The second kappa shape index (κ2) is 8.74. The summed E-state index contributed by atoms with van der Waals surface area (Å²) in [6.07, 6.45) is 4.79. The van der Waals surface area contributed by atoms with E-state index in [2.05, 4.69) is 5.32 Å². The summed E-state index contributed by atoms with van der Waals surface area (Å²) in [6.45, 7) is 0.558. The van der Waals surface area contributed by atoms with Crippen molar-refractivity contribution < 1.29 is 19.0 Å². The summed E-state index contributed by atoms with van der Waals surface area (Å²) in [6, 6.07) is 4.97. The van der Waals surface area contributed by atoms with E-state index in [1.165, 1.54) is 20.0 Å². The molecule has 1 aliphatic rings. The molecule has 1 aliphatic carbocycles. The molecule has 2 rings (SSSR count). The first-order chi connectivity index (χ1) is 11.1. The van der Waals surface area contributed by atoms with Crippen molar-refractivity contribution in [2.75, 3.05) is 20.8 Å². The molecule has 1 atom stereocenters. The van der Waals surface area contributed by atoms with Gasteiger partial charge in [0.25, 0.3) is 0 Å². The topological polar surface area (TPSA) is 82.8 Å². The molecule has 0 aromatic heterocycles. The summed E-state index contributed by atoms with van der Waals surface area (Å²) < 4.78 is 16.3. The highest BCUT2D eigenvalue weighted by Gasteiger charge is 2.19. The van der Waals surface area contributed by atoms with Crippen LogP contribution in [0.2, 0.25) is 0 Å². The molecule has 1 saturated carbocycles. The molecule has 1 unspecified atom stereocenters. The maximum absolute atomic E-state index is 11.9. The van der Waals surface area contributed by atoms with Crippen molar-refractivity contribution in [3.63, 3.8) is 0 Å². The molecule has 6 nitrogen and oxygen atoms in total. The molecule has 0 heterocycles. The van der Waals surface area contributed by atoms with Crippen LogP contribution in [0.1, 0.15) is 31.2 Å². The first-order valence-corrected chi connectivity index (χ1v) is 8.00. The Kier molecular flexibility index (Phi) is 6.67. The third-order valence-electron chi connectivity index (χ3n) is 4.01. The average molecular weight is 322 g/mol. The van der Waals surface area contributed by atoms with Gasteiger partial charge < -0.3 is 25.3 Å². The number of hydrogen-bond donors (Lipinski definition) is 2. The lowest BCUT2D eigenvalue weighted by Crippen LogP contribution is -2.43. The Labute approximate surface area is 137 Å². The van der Waals surface area contributed by atoms with Gasteiger partial charge in [-0.25, -0.2) is 0 Å². The van der Waals surface area contributed by atoms with Crippen LogP contribution in [-0.2, 0) is 16.1 Å². The molecule has 1 amide bonds. The van der Waals surface area contributed by atoms with E-state index in [1.54, 1.807) is 7.11 Å². The highest BCUT2D eigenvalue weighted by molar-refractivity contribution is 5.81. The number of amides is 1. The predicted molar refractivity (Wildman–Crippen MR) is 87.6 cm³/mol. The monoisotopic (exact) mass is 322 g/mol. The van der Waals surface area contributed by atoms with Crippen molar-refractivity contribution in [1.82, 2.24) is 5.32 Å². The molecule has 0 aliphatic heterocycles. The summed E-state index contributed by atoms with van der Waals surface area (Å²) in [4.78, 5) is 11.9. The fourth-order valence-corrected chi connectivity index (χ4v) is 2.67. The second-order valence-electron chi connectivity index (χ2n) is 5.78. The number of nitrogens with one attached hydrogen (secondary N) is 1. The van der Waals surface area contributed by atoms with E-state index < -0.39 is 6.04 Å². The van der Waals surface area contributed by atoms with Crippen LogP contribution in [0.4, 0.5) is 0 Å². The van der Waals surface area contributed by atoms with Gasteiger partial charge in [-0.1, -0.05) is 0 Å². The van der Waals surface area contributed by atoms with Crippen LogP contribution in [0, 0.1) is 0 Å². The zero-order valence-electron chi connectivity index (χ0n) is 13.8. The van der Waals surface area contributed by atoms with Gasteiger partial charge in [0.2, 0.25) is 5.91 Å². The normalized spacial score (nSPS) is 16.1. The Hall–Kier alpha value is -1.79. The van der Waals surface area contributed by atoms with Crippen molar-refractivity contribution in [1.29, 1.82) is 0 Å². The number of carbonyl (C=O) groups is 1. The molecular formula is C17H26N2O4. The molecule has 3 N–H and O–H groups in total. The molecule has 0 saturated heterocycles. The van der Waals surface area contributed by atoms with Gasteiger partial charge in [-0.05, 0) is 37.8 Å². The van der Waals surface area contributed by atoms with E-state index in [4.69, 9.17) is 19.9 Å². The lowest BCUT2D eigenvalue weighted by atomic mass is 10.1. The number of carbonyl (C=O) groups excluding carboxylic acids is 1. The third kappa shape index (κ3) is 5.11. The van der Waals surface area contributed by atoms with Gasteiger partial charge in [-0.3, -0.25) is 4.79 Å². The molecule has 1 aromatic carbocycles. The molecule has 128 valence electrons. The van der Waals surface area contributed by atoms with E-state index in [0.29, 0.717) is 6.54 Å². The minimum absolute atomic E-state index is 0.194. The lowest BCUT2D eigenvalue weighted by Gasteiger charge is -2.18. The van der Waals surface area contributed by atoms with Crippen LogP contribution < -0.4 is 20.5 Å². The van der Waals surface area contributed by atoms with Gasteiger partial charge in [-0.2, -0.15) is 0 Å². The minimum atomic E-state index is -0.669. The number of benzene rings is 1. The van der Waals surface area contributed by atoms with Gasteiger partial charge in [-0.15, -0.1) is 0 Å². The quantitative estimate of drug-likeness (QED) is 0.760. The van der Waals surface area contributed by atoms with Crippen molar-refractivity contribution in [2.24, 2.45) is 5.73 Å². The summed E-state index contributed by atoms with van der Waals surface area (Å²) >= 11 is 0. The van der Waals surface area contributed by atoms with Gasteiger partial charge >= 0.3 is 0 Å². The Morgan fingerprint density at radius 3 is 2.74 bits per heavy atom. The van der Waals surface area contributed by atoms with Crippen LogP contribution in [0.15, 0.2) is 18.2 Å². The fraction of sp³-hybridized carbons (Fsp3) is 0.588. The minimum Gasteiger partial charge on any atom is -0.497 e. The molecular weight excluding hydrogens is 296 g/mol. The van der Waals surface area contributed by atoms with E-state index in [1.807, 2.05) is 18.2 Å². The molecule has 1 aromatic rings. The number of nitrogens with two attached hydrogens (primary N) is 1. The summed E-state index contributed by atoms with van der Waals surface area (Å²) in [5.41, 5.74) is 6.63. The highest BCUT2D eigenvalue weighted by Crippen LogP contribution is 2.29. The first-order valence-electron chi connectivity index (χ1n) is 8.00. The average Bonchev–Trinajstić information content (AvgIpc) is 3.06. The van der Waals surface area contributed by atoms with Gasteiger partial charge in [0.05, 0.1) is 19.8 Å². The van der Waals surface area contributed by atoms with Gasteiger partial charge in [0, 0.05) is 25.3 Å². The number of ether oxygens (including phenoxy) is 3. The van der Waals surface area contributed by atoms with Crippen LogP contribution in [0.3, 0.4) is 0 Å². The third-order valence-corrected chi connectivity index (χ3v) is 4.01. The van der Waals surface area contributed by atoms with E-state index in [9.17, 15) is 4.79 Å². The largest absolute Gasteiger partial charge is 0.497 e. The smallest absolute Gasteiger partial charge is 0.239 e. The zero-order valence-corrected chi connectivity index (χ0v) is 13.8. The highest BCUT2D eigenvalue weighted by atomic mass is 16.5. The fourth-order valence-electron chi connectivity index (χ4n) is 2.67. The lowest BCUT2D eigenvalue weighted by molar-refractivity contribution is -0.123. The van der Waals surface area contributed by atoms with Crippen molar-refractivity contribution in [3.05, 3.63) is 23.8 Å². The SMILES string of the molecule is COCC(N)C(=O)NCc1ccc(OC)cc1OC1CCCC1. The molecule has 1 fully saturated rings. The maximum atomic E-state index is 11.9. The summed E-state index contributed by atoms with van der Waals surface area (Å²) in [7, 11) is 3.14. The molecule has 0 spiro atoms. The Balaban J connectivity index is 2.02. The number of hydrogen-bond acceptors (Lipinski definition) is 5. The number of methoxy groups -OCH3 is 2. The van der Waals surface area contributed by atoms with Gasteiger partial charge in [0.1, 0.15) is 17.5 Å². The molecule has 0 radical (unpaired) electrons. The summed E-state index contributed by atoms with van der Waals surface area (Å²) in [5.74, 6) is 1.26. The predicted octanol–water partition coefficient (Wildman–Crippen LogP) is 1.61. The van der Waals surface area contributed by atoms with E-state index in [-0.39, 0.29) is 18.6 Å². The van der Waals surface area contributed by atoms with E-state index in [0.717, 1.165) is 29.9 Å². The van der Waals surface area contributed by atoms with Crippen LogP contribution in [0.5, 0.6) is 11.5 Å². The standard InChI is InChI=1S/C17H26N2O4/c1-21-11-15(18)17(20)19-10-12-7-8-14(22-2)9-16(12)23-13-5-3-4-6-13/h7-9,13,15H,3-6,10-11,18H2,1-2H3,(H,19,20). The van der Waals surface area contributed by atoms with Gasteiger partial charge in [0.15, 0.2) is 0 Å². The van der Waals surface area contributed by atoms with Crippen molar-refractivity contribution in [2.45, 2.75) is 44.4 Å². The molecule has 23 heavy (non-hydrogen) atoms. The summed E-state index contributed by atoms with van der Waals surface area (Å²) in [5, 5.41) is 2.82. The van der Waals surface area contributed by atoms with Crippen molar-refractivity contribution in [3.8, 4) is 11.5 Å². The van der Waals surface area contributed by atoms with Crippen LogP contribution in [0.25, 0.3) is 0 Å². The first kappa shape index (κ1) is 17.6. The van der Waals surface area contributed by atoms with Crippen molar-refractivity contribution >= 4 is 5.91 Å². The Bertz CT molecular complexity index is 515. The Morgan fingerprint density at radius 1 is 1.35 bits per heavy atom. The van der Waals surface area contributed by atoms with Crippen LogP contribution >= 0.6 is 0 Å². The Morgan fingerprint density at radius 2 is 2.09 bits per heavy atom. The molecule has 6 heteroatoms. The van der Waals surface area contributed by atoms with E-state index >= 15 is 0 Å². The number of rotatable bonds is 8. The maximum Gasteiger partial charge on any atom is 0.239 e. The zero-order chi connectivity index (χ0) is 16.7. The van der Waals surface area contributed by atoms with Crippen LogP contribution in [-0.4, -0.2) is 38.9 Å².